The second kappa shape index (κ2) is 9.95. The lowest BCUT2D eigenvalue weighted by atomic mass is 10.1. The molecule has 1 fully saturated rings. The monoisotopic (exact) mass is 343 g/mol. The number of ether oxygens (including phenoxy) is 1. The summed E-state index contributed by atoms with van der Waals surface area (Å²) in [6, 6.07) is 2.99. The van der Waals surface area contributed by atoms with Gasteiger partial charge < -0.3 is 9.84 Å². The number of hydrogen-bond acceptors (Lipinski definition) is 2. The van der Waals surface area contributed by atoms with E-state index in [0.717, 1.165) is 19.3 Å². The van der Waals surface area contributed by atoms with E-state index in [2.05, 4.69) is 11.3 Å². The number of aliphatic hydroxyl groups excluding tert-OH is 1. The topological polar surface area (TPSA) is 32.8 Å². The number of hydrogen-bond donors (Lipinski definition) is 1. The maximum Gasteiger partial charge on any atom is 0.257 e. The Labute approximate surface area is 138 Å². The third-order valence-electron chi connectivity index (χ3n) is 2.97. The van der Waals surface area contributed by atoms with Crippen molar-refractivity contribution in [2.24, 2.45) is 0 Å². The van der Waals surface area contributed by atoms with E-state index in [0.29, 0.717) is 0 Å². The molecule has 3 rings (SSSR count). The zero-order valence-corrected chi connectivity index (χ0v) is 13.3. The molecule has 130 valence electrons. The highest BCUT2D eigenvalue weighted by Gasteiger charge is 2.25. The first-order valence-corrected chi connectivity index (χ1v) is 7.26. The summed E-state index contributed by atoms with van der Waals surface area (Å²) in [5, 5.41) is 8.52. The molecule has 0 aromatic heterocycles. The zero-order chi connectivity index (χ0) is 18.1. The van der Waals surface area contributed by atoms with Crippen LogP contribution in [0.5, 0.6) is 0 Å². The third-order valence-corrected chi connectivity index (χ3v) is 2.97. The van der Waals surface area contributed by atoms with Crippen LogP contribution >= 0.6 is 0 Å². The number of rotatable bonds is 2. The Morgan fingerprint density at radius 2 is 1.83 bits per heavy atom. The predicted molar refractivity (Wildman–Crippen MR) is 84.5 cm³/mol. The number of allylic oxidation sites excluding steroid dienone is 5. The summed E-state index contributed by atoms with van der Waals surface area (Å²) in [7, 11) is 0. The largest absolute Gasteiger partial charge is 0.396 e. The molecule has 1 N–H and O–H groups in total. The molecule has 1 saturated heterocycles. The Morgan fingerprint density at radius 1 is 1.21 bits per heavy atom. The molecule has 2 nitrogen and oxygen atoms in total. The molecular weight excluding hydrogens is 324 g/mol. The van der Waals surface area contributed by atoms with Gasteiger partial charge in [0.15, 0.2) is 11.6 Å². The summed E-state index contributed by atoms with van der Waals surface area (Å²) in [6.07, 6.45) is 3.18. The average molecular weight is 343 g/mol. The Hall–Kier alpha value is -2.05. The van der Waals surface area contributed by atoms with Crippen molar-refractivity contribution in [1.29, 1.82) is 0 Å². The van der Waals surface area contributed by atoms with Crippen molar-refractivity contribution < 1.29 is 27.4 Å². The van der Waals surface area contributed by atoms with Crippen molar-refractivity contribution >= 4 is 0 Å². The first-order valence-electron chi connectivity index (χ1n) is 7.26. The Morgan fingerprint density at radius 3 is 2.29 bits per heavy atom. The molecule has 0 bridgehead atoms. The van der Waals surface area contributed by atoms with Crippen LogP contribution in [-0.4, -0.2) is 24.9 Å². The number of aryl methyl sites for hydroxylation is 1. The van der Waals surface area contributed by atoms with Crippen LogP contribution in [0.1, 0.15) is 11.1 Å². The van der Waals surface area contributed by atoms with E-state index in [-0.39, 0.29) is 29.7 Å². The van der Waals surface area contributed by atoms with Gasteiger partial charge in [-0.25, -0.2) is 8.78 Å². The van der Waals surface area contributed by atoms with Crippen LogP contribution in [0.25, 0.3) is 0 Å². The van der Waals surface area contributed by atoms with Gasteiger partial charge in [-0.1, -0.05) is 12.1 Å². The van der Waals surface area contributed by atoms with E-state index in [1.807, 2.05) is 0 Å². The Balaban J connectivity index is 0.000000209. The van der Waals surface area contributed by atoms with Crippen LogP contribution in [0.4, 0.5) is 17.6 Å². The summed E-state index contributed by atoms with van der Waals surface area (Å²) in [5.41, 5.74) is 0.602. The SMILES string of the molecule is C1CO1.C=C1C=CC=C(F)[C+]1F.Cc1ccc(CCO)c(F)c1F. The maximum atomic E-state index is 13.0. The summed E-state index contributed by atoms with van der Waals surface area (Å²) in [5.74, 6) is -2.51. The van der Waals surface area contributed by atoms with Crippen molar-refractivity contribution in [3.8, 4) is 0 Å². The molecule has 1 aliphatic carbocycles. The highest BCUT2D eigenvalue weighted by atomic mass is 19.2. The van der Waals surface area contributed by atoms with Gasteiger partial charge in [0.25, 0.3) is 6.17 Å². The molecule has 0 saturated carbocycles. The van der Waals surface area contributed by atoms with Crippen LogP contribution < -0.4 is 0 Å². The summed E-state index contributed by atoms with van der Waals surface area (Å²) < 4.78 is 54.8. The van der Waals surface area contributed by atoms with E-state index in [9.17, 15) is 17.6 Å². The lowest BCUT2D eigenvalue weighted by Crippen LogP contribution is -1.99. The molecule has 24 heavy (non-hydrogen) atoms. The average Bonchev–Trinajstić information content (AvgIpc) is 3.43. The first kappa shape index (κ1) is 20.0. The molecule has 1 heterocycles. The van der Waals surface area contributed by atoms with Crippen LogP contribution in [0.2, 0.25) is 0 Å². The van der Waals surface area contributed by atoms with Crippen molar-refractivity contribution in [2.75, 3.05) is 19.8 Å². The minimum absolute atomic E-state index is 0.0926. The van der Waals surface area contributed by atoms with E-state index < -0.39 is 23.6 Å². The molecule has 0 amide bonds. The second-order valence-corrected chi connectivity index (χ2v) is 4.97. The lowest BCUT2D eigenvalue weighted by molar-refractivity contribution is 0.297. The minimum Gasteiger partial charge on any atom is -0.396 e. The van der Waals surface area contributed by atoms with Crippen LogP contribution in [0.15, 0.2) is 48.3 Å². The fraction of sp³-hybridized carbons (Fsp3) is 0.278. The molecule has 1 aliphatic heterocycles. The van der Waals surface area contributed by atoms with Crippen LogP contribution in [0, 0.1) is 24.7 Å². The molecule has 2 aliphatic rings. The van der Waals surface area contributed by atoms with Crippen molar-refractivity contribution in [2.45, 2.75) is 13.3 Å². The number of benzene rings is 1. The van der Waals surface area contributed by atoms with E-state index in [1.54, 1.807) is 0 Å². The first-order chi connectivity index (χ1) is 11.4. The van der Waals surface area contributed by atoms with Crippen molar-refractivity contribution in [1.82, 2.24) is 0 Å². The van der Waals surface area contributed by atoms with Crippen LogP contribution in [0.3, 0.4) is 0 Å². The molecular formula is C18H19F4O2+. The summed E-state index contributed by atoms with van der Waals surface area (Å²) in [6.45, 7) is 6.60. The highest BCUT2D eigenvalue weighted by Crippen LogP contribution is 2.28. The fourth-order valence-corrected chi connectivity index (χ4v) is 1.55. The summed E-state index contributed by atoms with van der Waals surface area (Å²) >= 11 is 0. The van der Waals surface area contributed by atoms with E-state index >= 15 is 0 Å². The molecule has 0 radical (unpaired) electrons. The highest BCUT2D eigenvalue weighted by molar-refractivity contribution is 5.43. The van der Waals surface area contributed by atoms with Gasteiger partial charge in [-0.2, -0.15) is 4.39 Å². The van der Waals surface area contributed by atoms with E-state index in [4.69, 9.17) is 5.11 Å². The number of aliphatic hydroxyl groups is 1. The Kier molecular flexibility index (Phi) is 8.29. The van der Waals surface area contributed by atoms with Gasteiger partial charge in [-0.15, -0.1) is 4.39 Å². The molecule has 0 unspecified atom stereocenters. The molecule has 1 aromatic rings. The standard InChI is InChI=1S/C9H10F2O.C7H5F2.C2H4O/c1-6-2-3-7(4-5-12)9(11)8(6)10;1-5-3-2-4-6(8)7(5)9;1-2-3-1/h2-3,12H,4-5H2,1H3;2-4H,1H2;1-2H2/q;+1;. The van der Waals surface area contributed by atoms with Crippen molar-refractivity contribution in [3.05, 3.63) is 77.3 Å². The normalized spacial score (nSPS) is 15.0. The van der Waals surface area contributed by atoms with Crippen molar-refractivity contribution in [3.63, 3.8) is 0 Å². The zero-order valence-electron chi connectivity index (χ0n) is 13.3. The Bertz CT molecular complexity index is 619. The minimum atomic E-state index is -0.863. The van der Waals surface area contributed by atoms with Gasteiger partial charge in [0.1, 0.15) is 5.57 Å². The third kappa shape index (κ3) is 6.60. The van der Waals surface area contributed by atoms with E-state index in [1.165, 1.54) is 31.2 Å². The van der Waals surface area contributed by atoms with Gasteiger partial charge in [0, 0.05) is 18.8 Å². The van der Waals surface area contributed by atoms with Crippen LogP contribution in [-0.2, 0) is 11.2 Å². The summed E-state index contributed by atoms with van der Waals surface area (Å²) in [4.78, 5) is 0. The number of halogens is 4. The second-order valence-electron chi connectivity index (χ2n) is 4.97. The van der Waals surface area contributed by atoms with Gasteiger partial charge in [0.05, 0.1) is 19.3 Å². The molecule has 6 heteroatoms. The molecule has 0 spiro atoms. The predicted octanol–water partition coefficient (Wildman–Crippen LogP) is 4.29. The quantitative estimate of drug-likeness (QED) is 0.494. The lowest BCUT2D eigenvalue weighted by Gasteiger charge is -2.03. The van der Waals surface area contributed by atoms with Gasteiger partial charge in [-0.3, -0.25) is 0 Å². The molecule has 1 aromatic carbocycles. The van der Waals surface area contributed by atoms with Gasteiger partial charge in [-0.05, 0) is 31.1 Å². The molecule has 0 atom stereocenters. The fourth-order valence-electron chi connectivity index (χ4n) is 1.55. The smallest absolute Gasteiger partial charge is 0.257 e. The van der Waals surface area contributed by atoms with Gasteiger partial charge >= 0.3 is 0 Å². The maximum absolute atomic E-state index is 13.0. The van der Waals surface area contributed by atoms with Gasteiger partial charge in [0.2, 0.25) is 5.83 Å². The number of epoxide rings is 1.